The maximum Gasteiger partial charge on any atom is 0.273 e. The van der Waals surface area contributed by atoms with Crippen LogP contribution < -0.4 is 5.32 Å². The third-order valence-corrected chi connectivity index (χ3v) is 6.49. The Hall–Kier alpha value is -2.68. The smallest absolute Gasteiger partial charge is 0.273 e. The largest absolute Gasteiger partial charge is 0.448 e. The molecule has 2 amide bonds. The van der Waals surface area contributed by atoms with E-state index in [0.717, 1.165) is 18.5 Å². The lowest BCUT2D eigenvalue weighted by Gasteiger charge is -2.29. The van der Waals surface area contributed by atoms with Crippen molar-refractivity contribution in [3.8, 4) is 0 Å². The highest BCUT2D eigenvalue weighted by Gasteiger charge is 2.63. The second-order valence-corrected chi connectivity index (χ2v) is 8.38. The molecule has 5 heterocycles. The molecule has 2 aromatic rings. The Morgan fingerprint density at radius 2 is 2.24 bits per heavy atom. The minimum absolute atomic E-state index is 0.0258. The van der Waals surface area contributed by atoms with Crippen molar-refractivity contribution >= 4 is 11.8 Å². The molecule has 9 nitrogen and oxygen atoms in total. The normalized spacial score (nSPS) is 30.0. The maximum absolute atomic E-state index is 12.8. The first-order valence-corrected chi connectivity index (χ1v) is 10.0. The van der Waals surface area contributed by atoms with Crippen LogP contribution in [0.5, 0.6) is 0 Å². The maximum atomic E-state index is 12.8. The van der Waals surface area contributed by atoms with Gasteiger partial charge in [-0.1, -0.05) is 5.16 Å². The molecular weight excluding hydrogens is 376 g/mol. The average molecular weight is 400 g/mol. The number of aromatic nitrogens is 2. The second kappa shape index (κ2) is 6.69. The fraction of sp³-hybridized carbons (Fsp3) is 0.600. The lowest BCUT2D eigenvalue weighted by atomic mass is 9.73. The minimum atomic E-state index is -0.280. The van der Waals surface area contributed by atoms with E-state index in [9.17, 15) is 9.59 Å². The third kappa shape index (κ3) is 3.13. The molecule has 154 valence electrons. The predicted octanol–water partition coefficient (Wildman–Crippen LogP) is 1.26. The molecular formula is C20H24N4O5. The molecule has 0 unspecified atom stereocenters. The number of nitrogens with one attached hydrogen (secondary N) is 1. The van der Waals surface area contributed by atoms with E-state index >= 15 is 0 Å². The van der Waals surface area contributed by atoms with Gasteiger partial charge >= 0.3 is 0 Å². The molecule has 0 aromatic carbocycles. The van der Waals surface area contributed by atoms with Crippen molar-refractivity contribution < 1.29 is 23.3 Å². The molecule has 4 atom stereocenters. The molecule has 2 bridgehead atoms. The summed E-state index contributed by atoms with van der Waals surface area (Å²) >= 11 is 0. The number of carbonyl (C=O) groups excluding carboxylic acids is 2. The fourth-order valence-corrected chi connectivity index (χ4v) is 5.18. The van der Waals surface area contributed by atoms with Gasteiger partial charge in [0, 0.05) is 37.9 Å². The Morgan fingerprint density at radius 1 is 1.38 bits per heavy atom. The molecule has 1 spiro atoms. The lowest BCUT2D eigenvalue weighted by Crippen LogP contribution is -2.42. The number of carbonyl (C=O) groups is 2. The summed E-state index contributed by atoms with van der Waals surface area (Å²) < 4.78 is 16.7. The van der Waals surface area contributed by atoms with E-state index in [1.807, 2.05) is 11.8 Å². The highest BCUT2D eigenvalue weighted by molar-refractivity contribution is 5.91. The van der Waals surface area contributed by atoms with Gasteiger partial charge in [0.15, 0.2) is 11.6 Å². The Balaban J connectivity index is 1.24. The van der Waals surface area contributed by atoms with Crippen LogP contribution in [0.25, 0.3) is 0 Å². The van der Waals surface area contributed by atoms with Gasteiger partial charge in [-0.2, -0.15) is 0 Å². The first-order chi connectivity index (χ1) is 13.9. The topological polar surface area (TPSA) is 111 Å². The summed E-state index contributed by atoms with van der Waals surface area (Å²) in [6.07, 6.45) is 3.63. The molecule has 3 fully saturated rings. The van der Waals surface area contributed by atoms with Crippen molar-refractivity contribution in [2.75, 3.05) is 19.6 Å². The number of hydrogen-bond donors (Lipinski definition) is 1. The van der Waals surface area contributed by atoms with Crippen LogP contribution in [-0.2, 0) is 16.0 Å². The first kappa shape index (κ1) is 18.4. The van der Waals surface area contributed by atoms with Gasteiger partial charge < -0.3 is 23.9 Å². The number of aryl methyl sites for hydroxylation is 2. The van der Waals surface area contributed by atoms with Gasteiger partial charge in [-0.25, -0.2) is 4.98 Å². The highest BCUT2D eigenvalue weighted by Crippen LogP contribution is 2.54. The van der Waals surface area contributed by atoms with Gasteiger partial charge in [0.1, 0.15) is 12.0 Å². The van der Waals surface area contributed by atoms with E-state index < -0.39 is 0 Å². The lowest BCUT2D eigenvalue weighted by molar-refractivity contribution is -0.131. The van der Waals surface area contributed by atoms with Crippen molar-refractivity contribution in [1.29, 1.82) is 0 Å². The number of hydrogen-bond acceptors (Lipinski definition) is 7. The summed E-state index contributed by atoms with van der Waals surface area (Å²) in [7, 11) is 0. The minimum Gasteiger partial charge on any atom is -0.448 e. The molecule has 2 aromatic heterocycles. The zero-order chi connectivity index (χ0) is 20.2. The molecule has 0 saturated carbocycles. The van der Waals surface area contributed by atoms with Crippen LogP contribution in [0, 0.1) is 25.7 Å². The van der Waals surface area contributed by atoms with Gasteiger partial charge in [-0.3, -0.25) is 9.59 Å². The van der Waals surface area contributed by atoms with E-state index in [1.165, 1.54) is 6.26 Å². The van der Waals surface area contributed by atoms with Crippen LogP contribution in [0.15, 0.2) is 21.3 Å². The summed E-state index contributed by atoms with van der Waals surface area (Å²) in [5.74, 6) is 1.23. The number of rotatable bonds is 5. The second-order valence-electron chi connectivity index (χ2n) is 8.38. The van der Waals surface area contributed by atoms with E-state index in [1.54, 1.807) is 13.0 Å². The quantitative estimate of drug-likeness (QED) is 0.804. The van der Waals surface area contributed by atoms with Crippen molar-refractivity contribution in [2.24, 2.45) is 11.8 Å². The van der Waals surface area contributed by atoms with Crippen molar-refractivity contribution in [1.82, 2.24) is 20.4 Å². The summed E-state index contributed by atoms with van der Waals surface area (Å²) in [4.78, 5) is 31.1. The van der Waals surface area contributed by atoms with E-state index in [2.05, 4.69) is 15.5 Å². The average Bonchev–Trinajstić information content (AvgIpc) is 3.47. The summed E-state index contributed by atoms with van der Waals surface area (Å²) in [5, 5.41) is 6.81. The van der Waals surface area contributed by atoms with Crippen molar-refractivity contribution in [2.45, 2.75) is 44.8 Å². The molecule has 0 aliphatic carbocycles. The number of likely N-dealkylation sites (tertiary alicyclic amines) is 1. The van der Waals surface area contributed by atoms with E-state index in [4.69, 9.17) is 13.7 Å². The number of ether oxygens (including phenoxy) is 1. The van der Waals surface area contributed by atoms with Crippen LogP contribution in [-0.4, -0.2) is 58.2 Å². The van der Waals surface area contributed by atoms with E-state index in [-0.39, 0.29) is 47.5 Å². The molecule has 9 heteroatoms. The molecule has 3 aliphatic heterocycles. The third-order valence-electron chi connectivity index (χ3n) is 6.49. The molecule has 29 heavy (non-hydrogen) atoms. The summed E-state index contributed by atoms with van der Waals surface area (Å²) in [6.45, 7) is 5.29. The van der Waals surface area contributed by atoms with Gasteiger partial charge in [0.2, 0.25) is 5.91 Å². The number of fused-ring (bicyclic) bond motifs is 1. The van der Waals surface area contributed by atoms with Gasteiger partial charge in [-0.05, 0) is 19.8 Å². The van der Waals surface area contributed by atoms with Crippen molar-refractivity contribution in [3.05, 3.63) is 35.4 Å². The number of amides is 2. The summed E-state index contributed by atoms with van der Waals surface area (Å²) in [6, 6.07) is 1.79. The zero-order valence-electron chi connectivity index (χ0n) is 16.5. The standard InChI is InChI=1S/C20H24N4O5/c1-11-5-13(29-23-11)6-18(25)24-8-15-14(17-3-4-20(15,10-24)28-17)7-21-19(26)16-9-27-12(2)22-16/h5,9,14-15,17H,3-4,6-8,10H2,1-2H3,(H,21,26)/t14-,15+,17+,20+/m0/s1. The van der Waals surface area contributed by atoms with Gasteiger partial charge in [-0.15, -0.1) is 0 Å². The SMILES string of the molecule is Cc1cc(CC(=O)N2C[C@@H]3[C@H](CNC(=O)c4coc(C)n4)[C@H]4CC[C@]3(C2)O4)on1. The molecule has 3 aliphatic rings. The Bertz CT molecular complexity index is 952. The van der Waals surface area contributed by atoms with Gasteiger partial charge in [0.05, 0.1) is 30.4 Å². The zero-order valence-corrected chi connectivity index (χ0v) is 16.5. The van der Waals surface area contributed by atoms with Crippen LogP contribution in [0.1, 0.15) is 40.7 Å². The highest BCUT2D eigenvalue weighted by atomic mass is 16.5. The molecule has 0 radical (unpaired) electrons. The van der Waals surface area contributed by atoms with Crippen LogP contribution in [0.4, 0.5) is 0 Å². The van der Waals surface area contributed by atoms with Crippen LogP contribution in [0.3, 0.4) is 0 Å². The van der Waals surface area contributed by atoms with E-state index in [0.29, 0.717) is 31.3 Å². The molecule has 1 N–H and O–H groups in total. The van der Waals surface area contributed by atoms with Gasteiger partial charge in [0.25, 0.3) is 5.91 Å². The fourth-order valence-electron chi connectivity index (χ4n) is 5.18. The Kier molecular flexibility index (Phi) is 4.23. The summed E-state index contributed by atoms with van der Waals surface area (Å²) in [5.41, 5.74) is 0.772. The molecule has 5 rings (SSSR count). The monoisotopic (exact) mass is 400 g/mol. The Morgan fingerprint density at radius 3 is 2.97 bits per heavy atom. The van der Waals surface area contributed by atoms with Crippen LogP contribution in [0.2, 0.25) is 0 Å². The Labute approximate surface area is 167 Å². The van der Waals surface area contributed by atoms with Crippen molar-refractivity contribution in [3.63, 3.8) is 0 Å². The van der Waals surface area contributed by atoms with Crippen LogP contribution >= 0.6 is 0 Å². The predicted molar refractivity (Wildman–Crippen MR) is 98.9 cm³/mol. The number of oxazole rings is 1. The number of nitrogens with zero attached hydrogens (tertiary/aromatic N) is 3. The molecule has 3 saturated heterocycles. The first-order valence-electron chi connectivity index (χ1n) is 10.0.